The van der Waals surface area contributed by atoms with E-state index in [-0.39, 0.29) is 37.2 Å². The van der Waals surface area contributed by atoms with Gasteiger partial charge in [-0.15, -0.1) is 0 Å². The molecule has 2 aromatic carbocycles. The van der Waals surface area contributed by atoms with E-state index in [0.29, 0.717) is 22.8 Å². The molecule has 3 aromatic rings. The highest BCUT2D eigenvalue weighted by atomic mass is 19.1. The number of nitrogens with one attached hydrogen (secondary N) is 2. The van der Waals surface area contributed by atoms with Gasteiger partial charge in [0.25, 0.3) is 0 Å². The topological polar surface area (TPSA) is 101 Å². The predicted octanol–water partition coefficient (Wildman–Crippen LogP) is 4.66. The first-order chi connectivity index (χ1) is 18.4. The van der Waals surface area contributed by atoms with Crippen LogP contribution in [0.15, 0.2) is 71.3 Å². The zero-order valence-corrected chi connectivity index (χ0v) is 21.3. The molecule has 38 heavy (non-hydrogen) atoms. The molecule has 1 atom stereocenters. The first-order valence-corrected chi connectivity index (χ1v) is 12.8. The van der Waals surface area contributed by atoms with Gasteiger partial charge in [-0.05, 0) is 54.8 Å². The maximum absolute atomic E-state index is 13.8. The molecule has 0 saturated heterocycles. The number of ether oxygens (including phenoxy) is 1. The van der Waals surface area contributed by atoms with E-state index in [1.807, 2.05) is 0 Å². The quantitative estimate of drug-likeness (QED) is 0.382. The third-order valence-corrected chi connectivity index (χ3v) is 6.60. The van der Waals surface area contributed by atoms with Crippen molar-refractivity contribution < 1.29 is 27.9 Å². The summed E-state index contributed by atoms with van der Waals surface area (Å²) < 4.78 is 24.4. The van der Waals surface area contributed by atoms with Crippen molar-refractivity contribution in [1.82, 2.24) is 10.6 Å². The normalized spacial score (nSPS) is 14.1. The Hall–Kier alpha value is -4.14. The van der Waals surface area contributed by atoms with Gasteiger partial charge in [-0.25, -0.2) is 4.39 Å². The van der Waals surface area contributed by atoms with E-state index < -0.39 is 17.8 Å². The first kappa shape index (κ1) is 26.9. The SMILES string of the molecule is COc1cccc(N(C(=O)CCC(=O)NCc2ccco2)C(C(=O)NC2CCCC2)c2ccc(F)cc2)c1. The van der Waals surface area contributed by atoms with Crippen LogP contribution < -0.4 is 20.3 Å². The van der Waals surface area contributed by atoms with Crippen LogP contribution in [-0.2, 0) is 20.9 Å². The van der Waals surface area contributed by atoms with Crippen molar-refractivity contribution in [3.8, 4) is 5.75 Å². The Morgan fingerprint density at radius 2 is 1.82 bits per heavy atom. The van der Waals surface area contributed by atoms with Gasteiger partial charge < -0.3 is 19.8 Å². The maximum atomic E-state index is 13.8. The Labute approximate surface area is 221 Å². The van der Waals surface area contributed by atoms with E-state index >= 15 is 0 Å². The third-order valence-electron chi connectivity index (χ3n) is 6.60. The van der Waals surface area contributed by atoms with Crippen LogP contribution in [0.4, 0.5) is 10.1 Å². The van der Waals surface area contributed by atoms with Gasteiger partial charge in [0, 0.05) is 30.6 Å². The molecule has 0 aliphatic heterocycles. The summed E-state index contributed by atoms with van der Waals surface area (Å²) in [5.41, 5.74) is 0.890. The number of rotatable bonds is 11. The highest BCUT2D eigenvalue weighted by Crippen LogP contribution is 2.32. The fraction of sp³-hybridized carbons (Fsp3) is 0.345. The second kappa shape index (κ2) is 12.9. The molecule has 0 bridgehead atoms. The number of hydrogen-bond donors (Lipinski definition) is 2. The zero-order valence-electron chi connectivity index (χ0n) is 21.3. The molecular weight excluding hydrogens is 489 g/mol. The number of nitrogens with zero attached hydrogens (tertiary/aromatic N) is 1. The summed E-state index contributed by atoms with van der Waals surface area (Å²) in [6.07, 6.45) is 5.07. The standard InChI is InChI=1S/C29H32FN3O5/c1-37-24-9-4-8-23(18-24)33(27(35)16-15-26(34)31-19-25-10-5-17-38-25)28(20-11-13-21(30)14-12-20)29(36)32-22-6-2-3-7-22/h4-5,8-14,17-18,22,28H,2-3,6-7,15-16,19H2,1H3,(H,31,34)(H,32,36). The molecule has 1 saturated carbocycles. The van der Waals surface area contributed by atoms with Gasteiger partial charge in [0.2, 0.25) is 17.7 Å². The number of amides is 3. The lowest BCUT2D eigenvalue weighted by Gasteiger charge is -2.32. The average Bonchev–Trinajstić information content (AvgIpc) is 3.64. The number of carbonyl (C=O) groups is 3. The van der Waals surface area contributed by atoms with Gasteiger partial charge in [0.15, 0.2) is 0 Å². The van der Waals surface area contributed by atoms with Gasteiger partial charge in [-0.1, -0.05) is 31.0 Å². The van der Waals surface area contributed by atoms with Crippen LogP contribution >= 0.6 is 0 Å². The van der Waals surface area contributed by atoms with Crippen LogP contribution in [0.5, 0.6) is 5.75 Å². The lowest BCUT2D eigenvalue weighted by atomic mass is 10.0. The summed E-state index contributed by atoms with van der Waals surface area (Å²) >= 11 is 0. The highest BCUT2D eigenvalue weighted by Gasteiger charge is 2.34. The Bertz CT molecular complexity index is 1220. The summed E-state index contributed by atoms with van der Waals surface area (Å²) in [6, 6.07) is 14.8. The molecule has 200 valence electrons. The molecule has 1 aliphatic carbocycles. The largest absolute Gasteiger partial charge is 0.497 e. The Balaban J connectivity index is 1.61. The molecule has 1 heterocycles. The van der Waals surface area contributed by atoms with Crippen molar-refractivity contribution in [3.05, 3.63) is 84.1 Å². The fourth-order valence-corrected chi connectivity index (χ4v) is 4.64. The van der Waals surface area contributed by atoms with Crippen molar-refractivity contribution in [2.45, 2.75) is 57.2 Å². The van der Waals surface area contributed by atoms with Gasteiger partial charge in [0.1, 0.15) is 23.4 Å². The Kier molecular flexibility index (Phi) is 9.13. The van der Waals surface area contributed by atoms with Crippen molar-refractivity contribution in [1.29, 1.82) is 0 Å². The van der Waals surface area contributed by atoms with Gasteiger partial charge in [-0.3, -0.25) is 19.3 Å². The van der Waals surface area contributed by atoms with Crippen LogP contribution in [-0.4, -0.2) is 30.9 Å². The van der Waals surface area contributed by atoms with Crippen LogP contribution in [0.1, 0.15) is 55.9 Å². The number of anilines is 1. The van der Waals surface area contributed by atoms with Gasteiger partial charge in [-0.2, -0.15) is 0 Å². The number of halogens is 1. The van der Waals surface area contributed by atoms with Crippen LogP contribution in [0.2, 0.25) is 0 Å². The van der Waals surface area contributed by atoms with Crippen molar-refractivity contribution in [3.63, 3.8) is 0 Å². The summed E-state index contributed by atoms with van der Waals surface area (Å²) in [5.74, 6) is -0.456. The number of benzene rings is 2. The second-order valence-corrected chi connectivity index (χ2v) is 9.27. The number of carbonyl (C=O) groups excluding carboxylic acids is 3. The summed E-state index contributed by atoms with van der Waals surface area (Å²) in [7, 11) is 1.51. The lowest BCUT2D eigenvalue weighted by molar-refractivity contribution is -0.128. The van der Waals surface area contributed by atoms with Crippen molar-refractivity contribution >= 4 is 23.4 Å². The van der Waals surface area contributed by atoms with Crippen LogP contribution in [0.3, 0.4) is 0 Å². The molecule has 0 spiro atoms. The van der Waals surface area contributed by atoms with E-state index in [2.05, 4.69) is 10.6 Å². The predicted molar refractivity (Wildman–Crippen MR) is 140 cm³/mol. The molecule has 8 nitrogen and oxygen atoms in total. The smallest absolute Gasteiger partial charge is 0.248 e. The van der Waals surface area contributed by atoms with E-state index in [1.54, 1.807) is 36.4 Å². The maximum Gasteiger partial charge on any atom is 0.248 e. The molecular formula is C29H32FN3O5. The summed E-state index contributed by atoms with van der Waals surface area (Å²) in [4.78, 5) is 41.3. The third kappa shape index (κ3) is 7.00. The average molecular weight is 522 g/mol. The van der Waals surface area contributed by atoms with Crippen molar-refractivity contribution in [2.75, 3.05) is 12.0 Å². The van der Waals surface area contributed by atoms with Gasteiger partial charge in [0.05, 0.1) is 19.9 Å². The Morgan fingerprint density at radius 1 is 1.05 bits per heavy atom. The molecule has 9 heteroatoms. The van der Waals surface area contributed by atoms with Crippen LogP contribution in [0.25, 0.3) is 0 Å². The van der Waals surface area contributed by atoms with E-state index in [9.17, 15) is 18.8 Å². The molecule has 4 rings (SSSR count). The molecule has 1 aliphatic rings. The molecule has 2 N–H and O–H groups in total. The number of hydrogen-bond acceptors (Lipinski definition) is 5. The second-order valence-electron chi connectivity index (χ2n) is 9.27. The van der Waals surface area contributed by atoms with Crippen LogP contribution in [0, 0.1) is 5.82 Å². The highest BCUT2D eigenvalue weighted by molar-refractivity contribution is 6.02. The van der Waals surface area contributed by atoms with Crippen molar-refractivity contribution in [2.24, 2.45) is 0 Å². The minimum atomic E-state index is -1.07. The molecule has 1 aromatic heterocycles. The summed E-state index contributed by atoms with van der Waals surface area (Å²) in [6.45, 7) is 0.210. The zero-order chi connectivity index (χ0) is 26.9. The van der Waals surface area contributed by atoms with E-state index in [1.165, 1.54) is 42.5 Å². The molecule has 1 unspecified atom stereocenters. The number of furan rings is 1. The Morgan fingerprint density at radius 3 is 2.50 bits per heavy atom. The number of methoxy groups -OCH3 is 1. The minimum Gasteiger partial charge on any atom is -0.497 e. The summed E-state index contributed by atoms with van der Waals surface area (Å²) in [5, 5.41) is 5.81. The minimum absolute atomic E-state index is 0.0140. The molecule has 1 fully saturated rings. The first-order valence-electron chi connectivity index (χ1n) is 12.8. The lowest BCUT2D eigenvalue weighted by Crippen LogP contribution is -2.46. The van der Waals surface area contributed by atoms with E-state index in [0.717, 1.165) is 25.7 Å². The molecule has 0 radical (unpaired) electrons. The fourth-order valence-electron chi connectivity index (χ4n) is 4.64. The molecule has 3 amide bonds. The monoisotopic (exact) mass is 521 g/mol. The van der Waals surface area contributed by atoms with E-state index in [4.69, 9.17) is 9.15 Å². The van der Waals surface area contributed by atoms with Gasteiger partial charge >= 0.3 is 0 Å².